The summed E-state index contributed by atoms with van der Waals surface area (Å²) >= 11 is 1.92. The summed E-state index contributed by atoms with van der Waals surface area (Å²) in [5.41, 5.74) is 7.19. The molecule has 1 aromatic carbocycles. The van der Waals surface area contributed by atoms with Gasteiger partial charge in [-0.3, -0.25) is 4.79 Å². The maximum absolute atomic E-state index is 12.4. The van der Waals surface area contributed by atoms with E-state index in [4.69, 9.17) is 5.73 Å². The molecule has 1 aliphatic heterocycles. The fraction of sp³-hybridized carbons (Fsp3) is 0.533. The van der Waals surface area contributed by atoms with E-state index < -0.39 is 6.04 Å². The minimum Gasteiger partial charge on any atom is -0.339 e. The van der Waals surface area contributed by atoms with Gasteiger partial charge in [0.1, 0.15) is 0 Å². The lowest BCUT2D eigenvalue weighted by Crippen LogP contribution is -2.52. The zero-order valence-electron chi connectivity index (χ0n) is 12.0. The van der Waals surface area contributed by atoms with Crippen molar-refractivity contribution in [3.63, 3.8) is 0 Å². The Morgan fingerprint density at radius 2 is 2.05 bits per heavy atom. The number of carbonyl (C=O) groups excluding carboxylic acids is 1. The van der Waals surface area contributed by atoms with E-state index in [1.54, 1.807) is 0 Å². The van der Waals surface area contributed by atoms with E-state index in [9.17, 15) is 4.79 Å². The number of hydrogen-bond donors (Lipinski definition) is 1. The lowest BCUT2D eigenvalue weighted by molar-refractivity contribution is -0.132. The van der Waals surface area contributed by atoms with Crippen molar-refractivity contribution in [3.05, 3.63) is 35.9 Å². The Labute approximate surface area is 131 Å². The Bertz CT molecular complexity index is 439. The van der Waals surface area contributed by atoms with E-state index in [1.165, 1.54) is 0 Å². The highest BCUT2D eigenvalue weighted by Gasteiger charge is 2.31. The van der Waals surface area contributed by atoms with Gasteiger partial charge < -0.3 is 10.6 Å². The Morgan fingerprint density at radius 3 is 2.65 bits per heavy atom. The third-order valence-corrected chi connectivity index (χ3v) is 4.65. The van der Waals surface area contributed by atoms with Gasteiger partial charge in [-0.2, -0.15) is 11.8 Å². The first kappa shape index (κ1) is 17.3. The summed E-state index contributed by atoms with van der Waals surface area (Å²) in [7, 11) is 0. The summed E-state index contributed by atoms with van der Waals surface area (Å²) in [6.45, 7) is 5.97. The number of carbonyl (C=O) groups is 1. The molecule has 2 rings (SSSR count). The van der Waals surface area contributed by atoms with Crippen LogP contribution < -0.4 is 5.73 Å². The third kappa shape index (κ3) is 4.69. The molecule has 5 heteroatoms. The third-order valence-electron chi connectivity index (χ3n) is 3.35. The monoisotopic (exact) mass is 314 g/mol. The van der Waals surface area contributed by atoms with E-state index in [0.717, 1.165) is 24.4 Å². The van der Waals surface area contributed by atoms with Crippen molar-refractivity contribution in [2.45, 2.75) is 31.1 Å². The van der Waals surface area contributed by atoms with Crippen LogP contribution in [0.3, 0.4) is 0 Å². The van der Waals surface area contributed by atoms with Crippen LogP contribution in [0.4, 0.5) is 0 Å². The predicted molar refractivity (Wildman–Crippen MR) is 88.5 cm³/mol. The highest BCUT2D eigenvalue weighted by molar-refractivity contribution is 8.00. The lowest BCUT2D eigenvalue weighted by Gasteiger charge is -2.38. The van der Waals surface area contributed by atoms with Crippen LogP contribution in [0.25, 0.3) is 0 Å². The zero-order valence-corrected chi connectivity index (χ0v) is 13.7. The van der Waals surface area contributed by atoms with Gasteiger partial charge in [-0.05, 0) is 25.8 Å². The highest BCUT2D eigenvalue weighted by Crippen LogP contribution is 2.29. The average Bonchev–Trinajstić information content (AvgIpc) is 2.38. The van der Waals surface area contributed by atoms with Gasteiger partial charge in [0.15, 0.2) is 0 Å². The number of amides is 1. The molecule has 112 valence electrons. The van der Waals surface area contributed by atoms with Crippen LogP contribution in [0.5, 0.6) is 0 Å². The van der Waals surface area contributed by atoms with Crippen LogP contribution in [0.2, 0.25) is 0 Å². The number of halogens is 1. The Hall–Kier alpha value is -0.710. The van der Waals surface area contributed by atoms with Crippen molar-refractivity contribution in [3.8, 4) is 0 Å². The molecule has 3 nitrogen and oxygen atoms in total. The van der Waals surface area contributed by atoms with Gasteiger partial charge in [0.25, 0.3) is 0 Å². The Balaban J connectivity index is 0.00000200. The molecule has 0 unspecified atom stereocenters. The van der Waals surface area contributed by atoms with Crippen molar-refractivity contribution < 1.29 is 4.79 Å². The van der Waals surface area contributed by atoms with Crippen LogP contribution >= 0.6 is 24.2 Å². The topological polar surface area (TPSA) is 46.3 Å². The van der Waals surface area contributed by atoms with Crippen molar-refractivity contribution in [2.75, 3.05) is 18.8 Å². The summed E-state index contributed by atoms with van der Waals surface area (Å²) in [6, 6.07) is 9.54. The normalized spacial score (nSPS) is 19.1. The Kier molecular flexibility index (Phi) is 6.37. The second-order valence-corrected chi connectivity index (χ2v) is 7.47. The molecule has 1 aliphatic rings. The number of nitrogens with two attached hydrogens (primary N) is 1. The van der Waals surface area contributed by atoms with Crippen molar-refractivity contribution in [1.82, 2.24) is 4.90 Å². The summed E-state index contributed by atoms with van der Waals surface area (Å²) in [5, 5.41) is 0. The van der Waals surface area contributed by atoms with Crippen LogP contribution in [0.15, 0.2) is 30.3 Å². The molecule has 1 amide bonds. The van der Waals surface area contributed by atoms with Gasteiger partial charge in [0, 0.05) is 23.6 Å². The first-order chi connectivity index (χ1) is 8.98. The second-order valence-electron chi connectivity index (χ2n) is 5.66. The van der Waals surface area contributed by atoms with Gasteiger partial charge in [-0.25, -0.2) is 0 Å². The van der Waals surface area contributed by atoms with Gasteiger partial charge in [0.05, 0.1) is 6.04 Å². The van der Waals surface area contributed by atoms with Crippen LogP contribution in [-0.2, 0) is 11.2 Å². The molecule has 2 N–H and O–H groups in total. The largest absolute Gasteiger partial charge is 0.339 e. The Morgan fingerprint density at radius 1 is 1.40 bits per heavy atom. The van der Waals surface area contributed by atoms with Crippen molar-refractivity contribution in [1.29, 1.82) is 0 Å². The summed E-state index contributed by atoms with van der Waals surface area (Å²) in [6.07, 6.45) is 0.615. The molecule has 1 heterocycles. The molecule has 0 aliphatic carbocycles. The first-order valence-corrected chi connectivity index (χ1v) is 7.69. The van der Waals surface area contributed by atoms with Crippen LogP contribution in [-0.4, -0.2) is 40.4 Å². The summed E-state index contributed by atoms with van der Waals surface area (Å²) in [5.74, 6) is 1.08. The molecule has 0 bridgehead atoms. The molecule has 20 heavy (non-hydrogen) atoms. The second kappa shape index (κ2) is 7.34. The minimum atomic E-state index is -0.429. The van der Waals surface area contributed by atoms with Crippen LogP contribution in [0.1, 0.15) is 19.4 Å². The molecular formula is C15H23ClN2OS. The maximum atomic E-state index is 12.4. The molecule has 0 saturated carbocycles. The van der Waals surface area contributed by atoms with Crippen molar-refractivity contribution >= 4 is 30.1 Å². The number of thioether (sulfide) groups is 1. The number of nitrogens with zero attached hydrogens (tertiary/aromatic N) is 1. The van der Waals surface area contributed by atoms with E-state index >= 15 is 0 Å². The van der Waals surface area contributed by atoms with Gasteiger partial charge >= 0.3 is 0 Å². The molecule has 0 aromatic heterocycles. The highest BCUT2D eigenvalue weighted by atomic mass is 35.5. The molecule has 0 spiro atoms. The lowest BCUT2D eigenvalue weighted by atomic mass is 10.0. The van der Waals surface area contributed by atoms with E-state index in [2.05, 4.69) is 13.8 Å². The predicted octanol–water partition coefficient (Wildman–Crippen LogP) is 2.33. The fourth-order valence-electron chi connectivity index (χ4n) is 2.39. The van der Waals surface area contributed by atoms with E-state index in [0.29, 0.717) is 6.42 Å². The molecule has 1 aromatic rings. The van der Waals surface area contributed by atoms with Crippen LogP contribution in [0, 0.1) is 0 Å². The summed E-state index contributed by atoms with van der Waals surface area (Å²) in [4.78, 5) is 14.3. The van der Waals surface area contributed by atoms with E-state index in [1.807, 2.05) is 47.0 Å². The maximum Gasteiger partial charge on any atom is 0.239 e. The van der Waals surface area contributed by atoms with E-state index in [-0.39, 0.29) is 23.1 Å². The molecule has 1 atom stereocenters. The fourth-order valence-corrected chi connectivity index (χ4v) is 3.51. The molecule has 0 radical (unpaired) electrons. The van der Waals surface area contributed by atoms with Gasteiger partial charge in [-0.1, -0.05) is 30.3 Å². The number of rotatable bonds is 3. The standard InChI is InChI=1S/C15H22N2OS.ClH/c1-15(2)11-17(8-9-19-15)14(18)13(16)10-12-6-4-3-5-7-12;/h3-7,13H,8-11,16H2,1-2H3;1H/t13-;/m0./s1. The van der Waals surface area contributed by atoms with Gasteiger partial charge in [0.2, 0.25) is 5.91 Å². The average molecular weight is 315 g/mol. The van der Waals surface area contributed by atoms with Crippen molar-refractivity contribution in [2.24, 2.45) is 5.73 Å². The smallest absolute Gasteiger partial charge is 0.239 e. The van der Waals surface area contributed by atoms with Gasteiger partial charge in [-0.15, -0.1) is 12.4 Å². The minimum absolute atomic E-state index is 0. The molecule has 1 fully saturated rings. The molecular weight excluding hydrogens is 292 g/mol. The zero-order chi connectivity index (χ0) is 13.9. The number of benzene rings is 1. The quantitative estimate of drug-likeness (QED) is 0.931. The SMILES string of the molecule is CC1(C)CN(C(=O)[C@@H](N)Cc2ccccc2)CCS1.Cl. The first-order valence-electron chi connectivity index (χ1n) is 6.70. The summed E-state index contributed by atoms with van der Waals surface area (Å²) < 4.78 is 0.139. The number of hydrogen-bond acceptors (Lipinski definition) is 3. The molecule has 1 saturated heterocycles.